The van der Waals surface area contributed by atoms with Crippen LogP contribution in [0.3, 0.4) is 0 Å². The van der Waals surface area contributed by atoms with Crippen molar-refractivity contribution in [3.8, 4) is 0 Å². The predicted octanol–water partition coefficient (Wildman–Crippen LogP) is 3.24. The summed E-state index contributed by atoms with van der Waals surface area (Å²) in [5.74, 6) is 0.503. The zero-order valence-corrected chi connectivity index (χ0v) is 13.1. The van der Waals surface area contributed by atoms with Crippen LogP contribution in [0.25, 0.3) is 0 Å². The van der Waals surface area contributed by atoms with E-state index in [9.17, 15) is 4.79 Å². The summed E-state index contributed by atoms with van der Waals surface area (Å²) < 4.78 is 0. The van der Waals surface area contributed by atoms with E-state index < -0.39 is 0 Å². The van der Waals surface area contributed by atoms with Crippen molar-refractivity contribution in [1.82, 2.24) is 15.5 Å². The van der Waals surface area contributed by atoms with Crippen molar-refractivity contribution in [2.45, 2.75) is 32.7 Å². The van der Waals surface area contributed by atoms with Gasteiger partial charge in [-0.15, -0.1) is 21.5 Å². The fraction of sp³-hybridized carbons (Fsp3) is 0.400. The van der Waals surface area contributed by atoms with Gasteiger partial charge in [-0.2, -0.15) is 0 Å². The number of amides is 1. The van der Waals surface area contributed by atoms with Gasteiger partial charge < -0.3 is 10.6 Å². The summed E-state index contributed by atoms with van der Waals surface area (Å²) in [6, 6.07) is 7.52. The Balaban J connectivity index is 1.99. The molecular weight excluding hydrogens is 284 g/mol. The lowest BCUT2D eigenvalue weighted by Crippen LogP contribution is -2.28. The second-order valence-electron chi connectivity index (χ2n) is 4.68. The molecule has 0 radical (unpaired) electrons. The highest BCUT2D eigenvalue weighted by molar-refractivity contribution is 7.10. The molecule has 1 atom stereocenters. The molecule has 21 heavy (non-hydrogen) atoms. The molecule has 0 spiro atoms. The lowest BCUT2D eigenvalue weighted by molar-refractivity contribution is 0.0930. The van der Waals surface area contributed by atoms with Gasteiger partial charge in [0.15, 0.2) is 5.69 Å². The molecule has 0 aliphatic rings. The van der Waals surface area contributed by atoms with Crippen LogP contribution in [0, 0.1) is 0 Å². The topological polar surface area (TPSA) is 66.9 Å². The molecule has 112 valence electrons. The summed E-state index contributed by atoms with van der Waals surface area (Å²) in [6.45, 7) is 4.97. The fourth-order valence-corrected chi connectivity index (χ4v) is 2.76. The van der Waals surface area contributed by atoms with Crippen molar-refractivity contribution < 1.29 is 4.79 Å². The number of rotatable bonds is 7. The fourth-order valence-electron chi connectivity index (χ4n) is 1.90. The zero-order valence-electron chi connectivity index (χ0n) is 12.3. The van der Waals surface area contributed by atoms with Crippen LogP contribution in [0.2, 0.25) is 0 Å². The Labute approximate surface area is 128 Å². The van der Waals surface area contributed by atoms with Crippen LogP contribution >= 0.6 is 11.3 Å². The Hall–Kier alpha value is -1.95. The van der Waals surface area contributed by atoms with Gasteiger partial charge in [-0.05, 0) is 36.4 Å². The summed E-state index contributed by atoms with van der Waals surface area (Å²) in [6.07, 6.45) is 1.86. The minimum atomic E-state index is -0.190. The smallest absolute Gasteiger partial charge is 0.272 e. The Morgan fingerprint density at radius 3 is 2.71 bits per heavy atom. The molecule has 0 bridgehead atoms. The third kappa shape index (κ3) is 4.26. The number of carbonyl (C=O) groups is 1. The first-order chi connectivity index (χ1) is 10.2. The van der Waals surface area contributed by atoms with Crippen molar-refractivity contribution in [3.05, 3.63) is 40.2 Å². The van der Waals surface area contributed by atoms with Crippen LogP contribution in [0.4, 0.5) is 5.82 Å². The molecule has 0 aliphatic carbocycles. The SMILES string of the molecule is CCCNc1ccc(C(=O)NC(CC)c2cccs2)nn1. The van der Waals surface area contributed by atoms with Gasteiger partial charge in [0.25, 0.3) is 5.91 Å². The van der Waals surface area contributed by atoms with Gasteiger partial charge in [0.2, 0.25) is 0 Å². The quantitative estimate of drug-likeness (QED) is 0.824. The van der Waals surface area contributed by atoms with Gasteiger partial charge >= 0.3 is 0 Å². The summed E-state index contributed by atoms with van der Waals surface area (Å²) in [7, 11) is 0. The Morgan fingerprint density at radius 1 is 1.29 bits per heavy atom. The number of nitrogens with zero attached hydrogens (tertiary/aromatic N) is 2. The van der Waals surface area contributed by atoms with Crippen LogP contribution in [-0.2, 0) is 0 Å². The van der Waals surface area contributed by atoms with Gasteiger partial charge in [-0.25, -0.2) is 0 Å². The van der Waals surface area contributed by atoms with Crippen LogP contribution in [0.15, 0.2) is 29.6 Å². The molecular formula is C15H20N4OS. The Bertz CT molecular complexity index is 554. The highest BCUT2D eigenvalue weighted by Gasteiger charge is 2.16. The zero-order chi connectivity index (χ0) is 15.1. The Morgan fingerprint density at radius 2 is 2.14 bits per heavy atom. The molecule has 0 saturated carbocycles. The minimum absolute atomic E-state index is 0.0252. The van der Waals surface area contributed by atoms with Gasteiger partial charge in [-0.1, -0.05) is 19.9 Å². The maximum absolute atomic E-state index is 12.2. The predicted molar refractivity (Wildman–Crippen MR) is 85.6 cm³/mol. The molecule has 1 unspecified atom stereocenters. The normalized spacial score (nSPS) is 11.9. The minimum Gasteiger partial charge on any atom is -0.369 e. The maximum atomic E-state index is 12.2. The van der Waals surface area contributed by atoms with Crippen LogP contribution in [0.1, 0.15) is 48.1 Å². The first-order valence-electron chi connectivity index (χ1n) is 7.16. The number of carbonyl (C=O) groups excluding carboxylic acids is 1. The van der Waals surface area contributed by atoms with E-state index in [0.717, 1.165) is 24.3 Å². The molecule has 0 saturated heterocycles. The van der Waals surface area contributed by atoms with Crippen molar-refractivity contribution in [2.75, 3.05) is 11.9 Å². The van der Waals surface area contributed by atoms with Crippen molar-refractivity contribution in [2.24, 2.45) is 0 Å². The van der Waals surface area contributed by atoms with Crippen molar-refractivity contribution in [1.29, 1.82) is 0 Å². The van der Waals surface area contributed by atoms with E-state index in [-0.39, 0.29) is 11.9 Å². The largest absolute Gasteiger partial charge is 0.369 e. The molecule has 1 amide bonds. The number of thiophene rings is 1. The van der Waals surface area contributed by atoms with Gasteiger partial charge in [0.05, 0.1) is 6.04 Å². The second-order valence-corrected chi connectivity index (χ2v) is 5.66. The van der Waals surface area contributed by atoms with E-state index in [2.05, 4.69) is 27.8 Å². The first-order valence-corrected chi connectivity index (χ1v) is 8.04. The van der Waals surface area contributed by atoms with Crippen molar-refractivity contribution >= 4 is 23.1 Å². The molecule has 2 N–H and O–H groups in total. The first kappa shape index (κ1) is 15.4. The van der Waals surface area contributed by atoms with E-state index in [1.54, 1.807) is 23.5 Å². The number of hydrogen-bond donors (Lipinski definition) is 2. The van der Waals surface area contributed by atoms with Gasteiger partial charge in [0.1, 0.15) is 5.82 Å². The third-order valence-electron chi connectivity index (χ3n) is 3.05. The number of nitrogens with one attached hydrogen (secondary N) is 2. The summed E-state index contributed by atoms with van der Waals surface area (Å²) in [5.41, 5.74) is 0.340. The summed E-state index contributed by atoms with van der Waals surface area (Å²) in [4.78, 5) is 13.4. The monoisotopic (exact) mass is 304 g/mol. The molecule has 0 aliphatic heterocycles. The Kier molecular flexibility index (Phi) is 5.68. The molecule has 2 aromatic heterocycles. The van der Waals surface area contributed by atoms with Crippen LogP contribution in [0.5, 0.6) is 0 Å². The summed E-state index contributed by atoms with van der Waals surface area (Å²) >= 11 is 1.64. The molecule has 6 heteroatoms. The average Bonchev–Trinajstić information content (AvgIpc) is 3.05. The molecule has 2 rings (SSSR count). The molecule has 0 aromatic carbocycles. The lowest BCUT2D eigenvalue weighted by atomic mass is 10.2. The number of hydrogen-bond acceptors (Lipinski definition) is 5. The highest BCUT2D eigenvalue weighted by Crippen LogP contribution is 2.21. The van der Waals surface area contributed by atoms with Crippen LogP contribution in [-0.4, -0.2) is 22.6 Å². The molecule has 2 heterocycles. The number of aromatic nitrogens is 2. The van der Waals surface area contributed by atoms with E-state index in [1.807, 2.05) is 24.4 Å². The number of anilines is 1. The van der Waals surface area contributed by atoms with Crippen LogP contribution < -0.4 is 10.6 Å². The highest BCUT2D eigenvalue weighted by atomic mass is 32.1. The van der Waals surface area contributed by atoms with Crippen molar-refractivity contribution in [3.63, 3.8) is 0 Å². The third-order valence-corrected chi connectivity index (χ3v) is 4.04. The van der Waals surface area contributed by atoms with E-state index in [1.165, 1.54) is 0 Å². The lowest BCUT2D eigenvalue weighted by Gasteiger charge is -2.15. The van der Waals surface area contributed by atoms with E-state index >= 15 is 0 Å². The van der Waals surface area contributed by atoms with Gasteiger partial charge in [0, 0.05) is 11.4 Å². The second kappa shape index (κ2) is 7.73. The van der Waals surface area contributed by atoms with E-state index in [4.69, 9.17) is 0 Å². The molecule has 2 aromatic rings. The van der Waals surface area contributed by atoms with E-state index in [0.29, 0.717) is 11.5 Å². The average molecular weight is 304 g/mol. The standard InChI is InChI=1S/C15H20N4OS/c1-3-9-16-14-8-7-12(18-19-14)15(20)17-11(4-2)13-6-5-10-21-13/h5-8,10-11H,3-4,9H2,1-2H3,(H,16,19)(H,17,20). The molecule has 0 fully saturated rings. The maximum Gasteiger partial charge on any atom is 0.272 e. The summed E-state index contributed by atoms with van der Waals surface area (Å²) in [5, 5.41) is 16.1. The molecule has 5 nitrogen and oxygen atoms in total. The van der Waals surface area contributed by atoms with Gasteiger partial charge in [-0.3, -0.25) is 4.79 Å².